The van der Waals surface area contributed by atoms with Gasteiger partial charge in [-0.05, 0) is 25.7 Å². The smallest absolute Gasteiger partial charge is 0.254 e. The quantitative estimate of drug-likeness (QED) is 0.810. The Bertz CT molecular complexity index is 781. The van der Waals surface area contributed by atoms with Crippen LogP contribution in [0.25, 0.3) is 5.78 Å². The molecule has 2 saturated heterocycles. The average molecular weight is 357 g/mol. The fourth-order valence-corrected chi connectivity index (χ4v) is 3.98. The van der Waals surface area contributed by atoms with Gasteiger partial charge in [0.05, 0.1) is 6.54 Å². The van der Waals surface area contributed by atoms with Crippen molar-refractivity contribution in [3.05, 3.63) is 18.1 Å². The Morgan fingerprint density at radius 1 is 1.23 bits per heavy atom. The summed E-state index contributed by atoms with van der Waals surface area (Å²) in [6.07, 6.45) is 3.92. The number of hydrogen-bond acceptors (Lipinski definition) is 6. The maximum Gasteiger partial charge on any atom is 0.254 e. The lowest BCUT2D eigenvalue weighted by atomic mass is 10.0. The highest BCUT2D eigenvalue weighted by molar-refractivity contribution is 5.78. The molecule has 4 heterocycles. The van der Waals surface area contributed by atoms with Gasteiger partial charge in [-0.1, -0.05) is 6.92 Å². The molecule has 0 radical (unpaired) electrons. The number of carbonyl (C=O) groups excluding carboxylic acids is 1. The lowest BCUT2D eigenvalue weighted by Gasteiger charge is -2.37. The van der Waals surface area contributed by atoms with Crippen LogP contribution >= 0.6 is 0 Å². The number of fused-ring (bicyclic) bond motifs is 1. The molecule has 0 spiro atoms. The maximum atomic E-state index is 12.6. The molecule has 2 fully saturated rings. The highest BCUT2D eigenvalue weighted by atomic mass is 16.2. The molecular weight excluding hydrogens is 330 g/mol. The van der Waals surface area contributed by atoms with E-state index in [1.54, 1.807) is 10.8 Å². The number of rotatable bonds is 3. The van der Waals surface area contributed by atoms with E-state index >= 15 is 0 Å². The molecule has 26 heavy (non-hydrogen) atoms. The van der Waals surface area contributed by atoms with Crippen LogP contribution in [0.1, 0.15) is 25.5 Å². The monoisotopic (exact) mass is 357 g/mol. The van der Waals surface area contributed by atoms with Crippen LogP contribution < -0.4 is 4.90 Å². The minimum Gasteiger partial charge on any atom is -0.354 e. The average Bonchev–Trinajstić information content (AvgIpc) is 3.10. The van der Waals surface area contributed by atoms with E-state index in [4.69, 9.17) is 0 Å². The molecule has 0 saturated carbocycles. The molecule has 2 aliphatic rings. The van der Waals surface area contributed by atoms with Gasteiger partial charge in [0.15, 0.2) is 0 Å². The molecule has 0 N–H and O–H groups in total. The first-order valence-electron chi connectivity index (χ1n) is 9.52. The van der Waals surface area contributed by atoms with E-state index in [0.717, 1.165) is 57.2 Å². The summed E-state index contributed by atoms with van der Waals surface area (Å²) in [4.78, 5) is 27.8. The maximum absolute atomic E-state index is 12.6. The Morgan fingerprint density at radius 2 is 2.04 bits per heavy atom. The second-order valence-corrected chi connectivity index (χ2v) is 7.58. The van der Waals surface area contributed by atoms with Crippen molar-refractivity contribution >= 4 is 17.5 Å². The number of aryl methyl sites for hydroxylation is 1. The number of piperidine rings is 1. The van der Waals surface area contributed by atoms with Gasteiger partial charge in [0.1, 0.15) is 12.1 Å². The van der Waals surface area contributed by atoms with Gasteiger partial charge in [-0.25, -0.2) is 4.98 Å². The molecule has 2 aromatic rings. The Balaban J connectivity index is 1.36. The third-order valence-corrected chi connectivity index (χ3v) is 5.43. The van der Waals surface area contributed by atoms with Gasteiger partial charge in [0.25, 0.3) is 5.78 Å². The highest BCUT2D eigenvalue weighted by Crippen LogP contribution is 2.19. The molecule has 0 aromatic carbocycles. The number of piperazine rings is 1. The summed E-state index contributed by atoms with van der Waals surface area (Å²) in [5, 5.41) is 4.30. The van der Waals surface area contributed by atoms with E-state index in [9.17, 15) is 4.79 Å². The molecule has 1 atom stereocenters. The SMILES string of the molecule is Cc1cc(N2CCN(CC(=O)N3CCCC(C)C3)CC2)n2ncnc2n1. The summed E-state index contributed by atoms with van der Waals surface area (Å²) < 4.78 is 1.79. The summed E-state index contributed by atoms with van der Waals surface area (Å²) >= 11 is 0. The van der Waals surface area contributed by atoms with Crippen molar-refractivity contribution in [1.82, 2.24) is 29.4 Å². The topological polar surface area (TPSA) is 69.9 Å². The van der Waals surface area contributed by atoms with Crippen LogP contribution in [0.4, 0.5) is 5.82 Å². The van der Waals surface area contributed by atoms with Gasteiger partial charge in [0.2, 0.25) is 5.91 Å². The van der Waals surface area contributed by atoms with Crippen molar-refractivity contribution in [1.29, 1.82) is 0 Å². The molecule has 140 valence electrons. The number of amides is 1. The summed E-state index contributed by atoms with van der Waals surface area (Å²) in [5.74, 6) is 2.57. The van der Waals surface area contributed by atoms with Gasteiger partial charge in [-0.15, -0.1) is 0 Å². The highest BCUT2D eigenvalue weighted by Gasteiger charge is 2.25. The fourth-order valence-electron chi connectivity index (χ4n) is 3.98. The predicted octanol–water partition coefficient (Wildman–Crippen LogP) is 0.813. The fraction of sp³-hybridized carbons (Fsp3) is 0.667. The van der Waals surface area contributed by atoms with E-state index in [-0.39, 0.29) is 5.91 Å². The summed E-state index contributed by atoms with van der Waals surface area (Å²) in [6, 6.07) is 2.05. The number of likely N-dealkylation sites (tertiary alicyclic amines) is 1. The van der Waals surface area contributed by atoms with Crippen LogP contribution in [0.3, 0.4) is 0 Å². The first-order valence-corrected chi connectivity index (χ1v) is 9.52. The van der Waals surface area contributed by atoms with E-state index in [2.05, 4.69) is 37.9 Å². The van der Waals surface area contributed by atoms with E-state index in [1.807, 2.05) is 11.8 Å². The summed E-state index contributed by atoms with van der Waals surface area (Å²) in [5.41, 5.74) is 0.942. The van der Waals surface area contributed by atoms with E-state index in [0.29, 0.717) is 18.2 Å². The third kappa shape index (κ3) is 3.51. The van der Waals surface area contributed by atoms with Gasteiger partial charge < -0.3 is 9.80 Å². The lowest BCUT2D eigenvalue weighted by molar-refractivity contribution is -0.134. The molecule has 2 aliphatic heterocycles. The minimum atomic E-state index is 0.281. The van der Waals surface area contributed by atoms with Crippen LogP contribution in [-0.4, -0.2) is 81.1 Å². The molecule has 1 amide bonds. The zero-order valence-electron chi connectivity index (χ0n) is 15.6. The number of anilines is 1. The molecule has 8 nitrogen and oxygen atoms in total. The normalized spacial score (nSPS) is 22.2. The zero-order chi connectivity index (χ0) is 18.1. The van der Waals surface area contributed by atoms with Crippen molar-refractivity contribution in [2.24, 2.45) is 5.92 Å². The lowest BCUT2D eigenvalue weighted by Crippen LogP contribution is -2.51. The van der Waals surface area contributed by atoms with Crippen LogP contribution in [-0.2, 0) is 4.79 Å². The number of carbonyl (C=O) groups is 1. The molecule has 1 unspecified atom stereocenters. The standard InChI is InChI=1S/C18H27N7O/c1-14-4-3-5-24(11-14)17(26)12-22-6-8-23(9-7-22)16-10-15(2)21-18-19-13-20-25(16)18/h10,13-14H,3-9,11-12H2,1-2H3. The first kappa shape index (κ1) is 17.2. The first-order chi connectivity index (χ1) is 12.6. The van der Waals surface area contributed by atoms with Crippen LogP contribution in [0, 0.1) is 12.8 Å². The summed E-state index contributed by atoms with van der Waals surface area (Å²) in [7, 11) is 0. The third-order valence-electron chi connectivity index (χ3n) is 5.43. The number of nitrogens with zero attached hydrogens (tertiary/aromatic N) is 7. The molecular formula is C18H27N7O. The Kier molecular flexibility index (Phi) is 4.76. The van der Waals surface area contributed by atoms with Crippen molar-refractivity contribution in [3.63, 3.8) is 0 Å². The molecule has 8 heteroatoms. The Labute approximate surface area is 153 Å². The van der Waals surface area contributed by atoms with Gasteiger partial charge in [-0.2, -0.15) is 14.6 Å². The van der Waals surface area contributed by atoms with E-state index < -0.39 is 0 Å². The van der Waals surface area contributed by atoms with Crippen molar-refractivity contribution in [2.75, 3.05) is 50.7 Å². The molecule has 0 bridgehead atoms. The predicted molar refractivity (Wildman–Crippen MR) is 99.2 cm³/mol. The van der Waals surface area contributed by atoms with Gasteiger partial charge in [0, 0.05) is 51.0 Å². The molecule has 0 aliphatic carbocycles. The molecule has 2 aromatic heterocycles. The number of hydrogen-bond donors (Lipinski definition) is 0. The second kappa shape index (κ2) is 7.19. The van der Waals surface area contributed by atoms with Crippen LogP contribution in [0.5, 0.6) is 0 Å². The van der Waals surface area contributed by atoms with Gasteiger partial charge >= 0.3 is 0 Å². The Hall–Kier alpha value is -2.22. The number of aromatic nitrogens is 4. The van der Waals surface area contributed by atoms with Crippen molar-refractivity contribution < 1.29 is 4.79 Å². The largest absolute Gasteiger partial charge is 0.354 e. The van der Waals surface area contributed by atoms with Crippen molar-refractivity contribution in [3.8, 4) is 0 Å². The van der Waals surface area contributed by atoms with Crippen LogP contribution in [0.2, 0.25) is 0 Å². The zero-order valence-corrected chi connectivity index (χ0v) is 15.6. The minimum absolute atomic E-state index is 0.281. The second-order valence-electron chi connectivity index (χ2n) is 7.58. The Morgan fingerprint density at radius 3 is 2.81 bits per heavy atom. The van der Waals surface area contributed by atoms with Crippen molar-refractivity contribution in [2.45, 2.75) is 26.7 Å². The van der Waals surface area contributed by atoms with E-state index in [1.165, 1.54) is 6.42 Å². The molecule has 4 rings (SSSR count). The van der Waals surface area contributed by atoms with Gasteiger partial charge in [-0.3, -0.25) is 9.69 Å². The summed E-state index contributed by atoms with van der Waals surface area (Å²) in [6.45, 7) is 10.1. The van der Waals surface area contributed by atoms with Crippen LogP contribution in [0.15, 0.2) is 12.4 Å².